The van der Waals surface area contributed by atoms with Crippen LogP contribution in [-0.4, -0.2) is 31.1 Å². The van der Waals surface area contributed by atoms with Gasteiger partial charge in [0.1, 0.15) is 22.8 Å². The summed E-state index contributed by atoms with van der Waals surface area (Å²) < 4.78 is 21.5. The molecule has 7 nitrogen and oxygen atoms in total. The Bertz CT molecular complexity index is 1540. The number of unbranched alkanes of at least 4 members (excludes halogenated alkanes) is 3. The van der Waals surface area contributed by atoms with Gasteiger partial charge in [-0.05, 0) is 91.9 Å². The molecule has 0 saturated carbocycles. The summed E-state index contributed by atoms with van der Waals surface area (Å²) in [5.74, 6) is -0.218. The Morgan fingerprint density at radius 2 is 1.29 bits per heavy atom. The quantitative estimate of drug-likeness (QED) is 0.0701. The van der Waals surface area contributed by atoms with E-state index in [4.69, 9.17) is 18.9 Å². The van der Waals surface area contributed by atoms with E-state index >= 15 is 0 Å². The highest BCUT2D eigenvalue weighted by atomic mass is 16.5. The SMILES string of the molecule is C=CC(=O)OCCCCCCOc1ccc(C(=O)Oc2ccc(OC(=O)C3=C=C=C(c4ccccc4)C=C3)cc2)cc1. The Labute approximate surface area is 244 Å². The van der Waals surface area contributed by atoms with Gasteiger partial charge in [0.15, 0.2) is 0 Å². The van der Waals surface area contributed by atoms with Crippen LogP contribution < -0.4 is 14.2 Å². The molecule has 0 aromatic heterocycles. The van der Waals surface area contributed by atoms with Crippen LogP contribution >= 0.6 is 0 Å². The Morgan fingerprint density at radius 3 is 1.90 bits per heavy atom. The molecule has 0 fully saturated rings. The van der Waals surface area contributed by atoms with E-state index in [1.54, 1.807) is 60.7 Å². The average Bonchev–Trinajstić information content (AvgIpc) is 3.03. The van der Waals surface area contributed by atoms with Gasteiger partial charge in [0, 0.05) is 11.6 Å². The van der Waals surface area contributed by atoms with Crippen LogP contribution in [-0.2, 0) is 14.3 Å². The molecule has 0 unspecified atom stereocenters. The first-order chi connectivity index (χ1) is 20.5. The Kier molecular flexibility index (Phi) is 10.9. The fraction of sp³-hybridized carbons (Fsp3) is 0.171. The normalized spacial score (nSPS) is 11.6. The van der Waals surface area contributed by atoms with Crippen molar-refractivity contribution in [2.45, 2.75) is 25.7 Å². The zero-order chi connectivity index (χ0) is 29.6. The molecule has 0 saturated heterocycles. The van der Waals surface area contributed by atoms with E-state index in [9.17, 15) is 14.4 Å². The molecule has 212 valence electrons. The summed E-state index contributed by atoms with van der Waals surface area (Å²) in [7, 11) is 0. The van der Waals surface area contributed by atoms with Gasteiger partial charge < -0.3 is 18.9 Å². The van der Waals surface area contributed by atoms with Crippen LogP contribution in [0.5, 0.6) is 17.2 Å². The summed E-state index contributed by atoms with van der Waals surface area (Å²) in [6.07, 6.45) is 8.13. The predicted molar refractivity (Wildman–Crippen MR) is 158 cm³/mol. The lowest BCUT2D eigenvalue weighted by molar-refractivity contribution is -0.137. The second kappa shape index (κ2) is 15.4. The molecule has 3 aromatic rings. The molecule has 4 rings (SSSR count). The third-order valence-electron chi connectivity index (χ3n) is 6.11. The molecule has 1 aliphatic rings. The van der Waals surface area contributed by atoms with Crippen LogP contribution in [0.25, 0.3) is 5.57 Å². The van der Waals surface area contributed by atoms with Crippen LogP contribution in [0.3, 0.4) is 0 Å². The van der Waals surface area contributed by atoms with E-state index in [0.29, 0.717) is 36.0 Å². The van der Waals surface area contributed by atoms with Crippen molar-refractivity contribution in [3.05, 3.63) is 132 Å². The first kappa shape index (κ1) is 29.6. The van der Waals surface area contributed by atoms with Crippen LogP contribution in [0.4, 0.5) is 0 Å². The maximum absolute atomic E-state index is 12.6. The molecule has 0 radical (unpaired) electrons. The number of ether oxygens (including phenoxy) is 4. The molecule has 3 aromatic carbocycles. The lowest BCUT2D eigenvalue weighted by Gasteiger charge is -2.09. The number of hydrogen-bond donors (Lipinski definition) is 0. The number of hydrogen-bond acceptors (Lipinski definition) is 7. The van der Waals surface area contributed by atoms with Crippen LogP contribution in [0.2, 0.25) is 0 Å². The largest absolute Gasteiger partial charge is 0.494 e. The van der Waals surface area contributed by atoms with Crippen molar-refractivity contribution >= 4 is 23.5 Å². The van der Waals surface area contributed by atoms with Gasteiger partial charge in [-0.2, -0.15) is 0 Å². The van der Waals surface area contributed by atoms with Crippen molar-refractivity contribution in [1.82, 2.24) is 0 Å². The summed E-state index contributed by atoms with van der Waals surface area (Å²) in [5.41, 5.74) is 8.27. The van der Waals surface area contributed by atoms with Gasteiger partial charge in [0.25, 0.3) is 0 Å². The molecule has 0 atom stereocenters. The van der Waals surface area contributed by atoms with Crippen molar-refractivity contribution in [1.29, 1.82) is 0 Å². The zero-order valence-electron chi connectivity index (χ0n) is 23.0. The molecule has 0 amide bonds. The topological polar surface area (TPSA) is 88.1 Å². The van der Waals surface area contributed by atoms with E-state index in [0.717, 1.165) is 42.9 Å². The van der Waals surface area contributed by atoms with Gasteiger partial charge in [-0.1, -0.05) is 48.4 Å². The van der Waals surface area contributed by atoms with Crippen molar-refractivity contribution in [3.8, 4) is 17.2 Å². The molecule has 0 spiro atoms. The fourth-order valence-electron chi connectivity index (χ4n) is 3.86. The smallest absolute Gasteiger partial charge is 0.352 e. The highest BCUT2D eigenvalue weighted by Crippen LogP contribution is 2.22. The summed E-state index contributed by atoms with van der Waals surface area (Å²) in [4.78, 5) is 36.1. The van der Waals surface area contributed by atoms with Crippen molar-refractivity contribution in [2.75, 3.05) is 13.2 Å². The Hall–Kier alpha value is -5.35. The maximum Gasteiger partial charge on any atom is 0.352 e. The van der Waals surface area contributed by atoms with Crippen LogP contribution in [0.15, 0.2) is 121 Å². The number of allylic oxidation sites excluding steroid dienone is 2. The minimum Gasteiger partial charge on any atom is -0.494 e. The first-order valence-corrected chi connectivity index (χ1v) is 13.6. The van der Waals surface area contributed by atoms with E-state index in [1.807, 2.05) is 30.3 Å². The van der Waals surface area contributed by atoms with Crippen LogP contribution in [0, 0.1) is 0 Å². The third kappa shape index (κ3) is 9.10. The Morgan fingerprint density at radius 1 is 0.667 bits per heavy atom. The van der Waals surface area contributed by atoms with E-state index < -0.39 is 17.9 Å². The minimum atomic E-state index is -0.565. The predicted octanol–water partition coefficient (Wildman–Crippen LogP) is 6.81. The van der Waals surface area contributed by atoms with E-state index in [1.165, 1.54) is 0 Å². The number of carbonyl (C=O) groups is 3. The summed E-state index contributed by atoms with van der Waals surface area (Å²) in [6, 6.07) is 22.6. The molecule has 0 bridgehead atoms. The monoisotopic (exact) mass is 562 g/mol. The molecular weight excluding hydrogens is 532 g/mol. The summed E-state index contributed by atoms with van der Waals surface area (Å²) >= 11 is 0. The highest BCUT2D eigenvalue weighted by Gasteiger charge is 2.13. The van der Waals surface area contributed by atoms with Crippen molar-refractivity contribution in [3.63, 3.8) is 0 Å². The first-order valence-electron chi connectivity index (χ1n) is 13.6. The summed E-state index contributed by atoms with van der Waals surface area (Å²) in [6.45, 7) is 4.29. The zero-order valence-corrected chi connectivity index (χ0v) is 23.0. The average molecular weight is 563 g/mol. The van der Waals surface area contributed by atoms with Gasteiger partial charge in [-0.3, -0.25) is 0 Å². The molecule has 0 heterocycles. The number of benzene rings is 3. The third-order valence-corrected chi connectivity index (χ3v) is 6.11. The lowest BCUT2D eigenvalue weighted by Crippen LogP contribution is -2.10. The molecule has 0 N–H and O–H groups in total. The van der Waals surface area contributed by atoms with Crippen molar-refractivity contribution in [2.24, 2.45) is 0 Å². The van der Waals surface area contributed by atoms with E-state index in [2.05, 4.69) is 18.0 Å². The number of rotatable bonds is 14. The number of esters is 3. The highest BCUT2D eigenvalue weighted by molar-refractivity contribution is 5.95. The molecule has 7 heteroatoms. The fourth-order valence-corrected chi connectivity index (χ4v) is 3.86. The maximum atomic E-state index is 12.6. The lowest BCUT2D eigenvalue weighted by atomic mass is 10.0. The standard InChI is InChI=1S/C35H30O7/c1-2-33(36)40-25-9-4-3-8-24-39-30-18-16-29(17-19-30)35(38)42-32-22-20-31(21-23-32)41-34(37)28-14-12-27(13-15-28)26-10-6-5-7-11-26/h2,5-7,10-12,14,16-23H,1,3-4,8-9,24-25H2. The second-order valence-corrected chi connectivity index (χ2v) is 9.19. The molecular formula is C35H30O7. The van der Waals surface area contributed by atoms with Gasteiger partial charge in [-0.15, -0.1) is 0 Å². The second-order valence-electron chi connectivity index (χ2n) is 9.19. The minimum absolute atomic E-state index is 0.251. The number of carbonyl (C=O) groups excluding carboxylic acids is 3. The van der Waals surface area contributed by atoms with Gasteiger partial charge in [0.05, 0.1) is 18.8 Å². The van der Waals surface area contributed by atoms with Gasteiger partial charge in [0.2, 0.25) is 0 Å². The van der Waals surface area contributed by atoms with E-state index in [-0.39, 0.29) is 5.57 Å². The molecule has 1 aliphatic carbocycles. The summed E-state index contributed by atoms with van der Waals surface area (Å²) in [5, 5.41) is 0. The molecule has 42 heavy (non-hydrogen) atoms. The van der Waals surface area contributed by atoms with Crippen molar-refractivity contribution < 1.29 is 33.3 Å². The molecule has 0 aliphatic heterocycles. The van der Waals surface area contributed by atoms with Crippen LogP contribution in [0.1, 0.15) is 41.6 Å². The van der Waals surface area contributed by atoms with Gasteiger partial charge in [-0.25, -0.2) is 14.4 Å². The Balaban J connectivity index is 1.19. The van der Waals surface area contributed by atoms with Gasteiger partial charge >= 0.3 is 17.9 Å².